The fourth-order valence-corrected chi connectivity index (χ4v) is 0.650. The SMILES string of the molecule is OC1=C(F)C=C(F)CC1. The molecule has 1 N–H and O–H groups in total. The summed E-state index contributed by atoms with van der Waals surface area (Å²) in [7, 11) is 0. The van der Waals surface area contributed by atoms with Gasteiger partial charge in [-0.3, -0.25) is 0 Å². The monoisotopic (exact) mass is 132 g/mol. The van der Waals surface area contributed by atoms with Crippen LogP contribution in [-0.2, 0) is 0 Å². The first kappa shape index (κ1) is 6.26. The molecule has 0 atom stereocenters. The van der Waals surface area contributed by atoms with Crippen LogP contribution in [0.3, 0.4) is 0 Å². The molecule has 0 heterocycles. The summed E-state index contributed by atoms with van der Waals surface area (Å²) in [6.45, 7) is 0. The highest BCUT2D eigenvalue weighted by Crippen LogP contribution is 2.23. The molecule has 1 aliphatic rings. The van der Waals surface area contributed by atoms with Gasteiger partial charge in [-0.05, 0) is 0 Å². The third-order valence-electron chi connectivity index (χ3n) is 1.16. The Kier molecular flexibility index (Phi) is 1.51. The van der Waals surface area contributed by atoms with Crippen LogP contribution in [-0.4, -0.2) is 5.11 Å². The molecule has 0 radical (unpaired) electrons. The summed E-state index contributed by atoms with van der Waals surface area (Å²) in [5.74, 6) is -1.71. The van der Waals surface area contributed by atoms with Crippen LogP contribution < -0.4 is 0 Å². The maximum atomic E-state index is 12.1. The van der Waals surface area contributed by atoms with E-state index in [0.717, 1.165) is 0 Å². The van der Waals surface area contributed by atoms with Gasteiger partial charge in [0.05, 0.1) is 0 Å². The van der Waals surface area contributed by atoms with Gasteiger partial charge in [0.2, 0.25) is 0 Å². The first-order chi connectivity index (χ1) is 4.20. The molecule has 0 aromatic heterocycles. The Balaban J connectivity index is 2.83. The zero-order valence-electron chi connectivity index (χ0n) is 4.69. The fraction of sp³-hybridized carbons (Fsp3) is 0.333. The second-order valence-electron chi connectivity index (χ2n) is 1.89. The lowest BCUT2D eigenvalue weighted by molar-refractivity contribution is 0.350. The van der Waals surface area contributed by atoms with Crippen molar-refractivity contribution in [2.45, 2.75) is 12.8 Å². The average Bonchev–Trinajstić information content (AvgIpc) is 1.80. The van der Waals surface area contributed by atoms with Gasteiger partial charge in [0.25, 0.3) is 0 Å². The van der Waals surface area contributed by atoms with E-state index in [9.17, 15) is 8.78 Å². The second-order valence-corrected chi connectivity index (χ2v) is 1.89. The normalized spacial score (nSPS) is 20.0. The van der Waals surface area contributed by atoms with Crippen molar-refractivity contribution >= 4 is 0 Å². The van der Waals surface area contributed by atoms with E-state index in [-0.39, 0.29) is 18.6 Å². The highest BCUT2D eigenvalue weighted by molar-refractivity contribution is 5.22. The molecule has 0 aromatic rings. The van der Waals surface area contributed by atoms with Crippen molar-refractivity contribution < 1.29 is 13.9 Å². The first-order valence-electron chi connectivity index (χ1n) is 2.64. The summed E-state index contributed by atoms with van der Waals surface area (Å²) in [5, 5.41) is 8.59. The molecule has 0 spiro atoms. The number of hydrogen-bond acceptors (Lipinski definition) is 1. The third kappa shape index (κ3) is 1.28. The van der Waals surface area contributed by atoms with Gasteiger partial charge in [-0.2, -0.15) is 0 Å². The molecule has 3 heteroatoms. The van der Waals surface area contributed by atoms with Gasteiger partial charge >= 0.3 is 0 Å². The molecule has 0 amide bonds. The Hall–Kier alpha value is -0.860. The molecule has 9 heavy (non-hydrogen) atoms. The highest BCUT2D eigenvalue weighted by Gasteiger charge is 2.10. The van der Waals surface area contributed by atoms with Crippen molar-refractivity contribution in [3.63, 3.8) is 0 Å². The van der Waals surface area contributed by atoms with Crippen LogP contribution in [0.2, 0.25) is 0 Å². The second kappa shape index (κ2) is 2.17. The molecule has 0 aromatic carbocycles. The van der Waals surface area contributed by atoms with Crippen molar-refractivity contribution in [1.82, 2.24) is 0 Å². The van der Waals surface area contributed by atoms with Crippen LogP contribution in [0.15, 0.2) is 23.5 Å². The average molecular weight is 132 g/mol. The van der Waals surface area contributed by atoms with Crippen molar-refractivity contribution in [2.24, 2.45) is 0 Å². The van der Waals surface area contributed by atoms with Crippen LogP contribution >= 0.6 is 0 Å². The quantitative estimate of drug-likeness (QED) is 0.536. The minimum atomic E-state index is -0.848. The van der Waals surface area contributed by atoms with Gasteiger partial charge < -0.3 is 5.11 Å². The summed E-state index contributed by atoms with van der Waals surface area (Å²) >= 11 is 0. The van der Waals surface area contributed by atoms with E-state index in [1.807, 2.05) is 0 Å². The summed E-state index contributed by atoms with van der Waals surface area (Å²) in [5.41, 5.74) is 0. The molecular formula is C6H6F2O. The minimum absolute atomic E-state index is 0.0775. The van der Waals surface area contributed by atoms with E-state index >= 15 is 0 Å². The zero-order valence-corrected chi connectivity index (χ0v) is 4.69. The first-order valence-corrected chi connectivity index (χ1v) is 2.64. The Morgan fingerprint density at radius 3 is 2.44 bits per heavy atom. The highest BCUT2D eigenvalue weighted by atomic mass is 19.1. The number of allylic oxidation sites excluding steroid dienone is 4. The number of aliphatic hydroxyl groups is 1. The lowest BCUT2D eigenvalue weighted by Crippen LogP contribution is -1.92. The van der Waals surface area contributed by atoms with Gasteiger partial charge in [-0.15, -0.1) is 0 Å². The van der Waals surface area contributed by atoms with Crippen LogP contribution in [0.5, 0.6) is 0 Å². The van der Waals surface area contributed by atoms with E-state index in [4.69, 9.17) is 5.11 Å². The van der Waals surface area contributed by atoms with Crippen LogP contribution in [0.25, 0.3) is 0 Å². The molecule has 0 saturated heterocycles. The zero-order chi connectivity index (χ0) is 6.85. The Morgan fingerprint density at radius 1 is 1.33 bits per heavy atom. The van der Waals surface area contributed by atoms with E-state index < -0.39 is 11.7 Å². The van der Waals surface area contributed by atoms with Crippen LogP contribution in [0, 0.1) is 0 Å². The molecule has 0 aliphatic heterocycles. The largest absolute Gasteiger partial charge is 0.509 e. The number of halogens is 2. The fourth-order valence-electron chi connectivity index (χ4n) is 0.650. The third-order valence-corrected chi connectivity index (χ3v) is 1.16. The Bertz CT molecular complexity index is 181. The molecule has 0 bridgehead atoms. The van der Waals surface area contributed by atoms with Gasteiger partial charge in [0.1, 0.15) is 11.6 Å². The molecular weight excluding hydrogens is 126 g/mol. The number of rotatable bonds is 0. The van der Waals surface area contributed by atoms with Gasteiger partial charge in [0.15, 0.2) is 5.83 Å². The molecule has 1 nitrogen and oxygen atoms in total. The molecule has 1 rings (SSSR count). The Labute approximate surface area is 51.3 Å². The summed E-state index contributed by atoms with van der Waals surface area (Å²) < 4.78 is 24.2. The lowest BCUT2D eigenvalue weighted by Gasteiger charge is -2.04. The maximum absolute atomic E-state index is 12.1. The van der Waals surface area contributed by atoms with E-state index in [1.165, 1.54) is 0 Å². The molecule has 0 fully saturated rings. The predicted octanol–water partition coefficient (Wildman–Crippen LogP) is 2.37. The van der Waals surface area contributed by atoms with Crippen LogP contribution in [0.1, 0.15) is 12.8 Å². The van der Waals surface area contributed by atoms with E-state index in [0.29, 0.717) is 6.08 Å². The number of hydrogen-bond donors (Lipinski definition) is 1. The standard InChI is InChI=1S/C6H6F2O/c7-4-1-2-6(9)5(8)3-4/h3,9H,1-2H2. The van der Waals surface area contributed by atoms with Gasteiger partial charge in [-0.1, -0.05) is 0 Å². The summed E-state index contributed by atoms with van der Waals surface area (Å²) in [4.78, 5) is 0. The van der Waals surface area contributed by atoms with E-state index in [1.54, 1.807) is 0 Å². The maximum Gasteiger partial charge on any atom is 0.163 e. The molecule has 1 aliphatic carbocycles. The van der Waals surface area contributed by atoms with Crippen molar-refractivity contribution in [1.29, 1.82) is 0 Å². The van der Waals surface area contributed by atoms with Crippen molar-refractivity contribution in [3.8, 4) is 0 Å². The topological polar surface area (TPSA) is 20.2 Å². The van der Waals surface area contributed by atoms with Gasteiger partial charge in [0, 0.05) is 18.9 Å². The lowest BCUT2D eigenvalue weighted by atomic mass is 10.1. The molecule has 0 unspecified atom stereocenters. The molecule has 50 valence electrons. The smallest absolute Gasteiger partial charge is 0.163 e. The van der Waals surface area contributed by atoms with Crippen LogP contribution in [0.4, 0.5) is 8.78 Å². The molecule has 0 saturated carbocycles. The van der Waals surface area contributed by atoms with Gasteiger partial charge in [-0.25, -0.2) is 8.78 Å². The van der Waals surface area contributed by atoms with Crippen molar-refractivity contribution in [3.05, 3.63) is 23.5 Å². The predicted molar refractivity (Wildman–Crippen MR) is 29.2 cm³/mol. The Morgan fingerprint density at radius 2 is 2.00 bits per heavy atom. The minimum Gasteiger partial charge on any atom is -0.509 e. The van der Waals surface area contributed by atoms with E-state index in [2.05, 4.69) is 0 Å². The summed E-state index contributed by atoms with van der Waals surface area (Å²) in [6.07, 6.45) is 0.895. The van der Waals surface area contributed by atoms with Crippen molar-refractivity contribution in [2.75, 3.05) is 0 Å². The number of aliphatic hydroxyl groups excluding tert-OH is 1. The summed E-state index contributed by atoms with van der Waals surface area (Å²) in [6, 6.07) is 0.